The van der Waals surface area contributed by atoms with Crippen LogP contribution >= 0.6 is 39.7 Å². The van der Waals surface area contributed by atoms with Gasteiger partial charge in [-0.3, -0.25) is 4.90 Å². The molecule has 2 aromatic rings. The lowest BCUT2D eigenvalue weighted by Crippen LogP contribution is -2.35. The molecular formula is C18H23BrClN3S. The minimum Gasteiger partial charge on any atom is -0.317 e. The lowest BCUT2D eigenvalue weighted by Gasteiger charge is -2.29. The zero-order chi connectivity index (χ0) is 15.7. The van der Waals surface area contributed by atoms with Gasteiger partial charge in [-0.05, 0) is 55.5 Å². The molecule has 1 aromatic heterocycles. The molecule has 130 valence electrons. The number of hydrogen-bond acceptors (Lipinski definition) is 4. The van der Waals surface area contributed by atoms with Gasteiger partial charge in [-0.1, -0.05) is 28.1 Å². The molecule has 1 N–H and O–H groups in total. The molecule has 4 rings (SSSR count). The molecule has 1 aliphatic carbocycles. The minimum atomic E-state index is 0. The summed E-state index contributed by atoms with van der Waals surface area (Å²) in [7, 11) is 0. The topological polar surface area (TPSA) is 28.2 Å². The first-order chi connectivity index (χ1) is 11.3. The van der Waals surface area contributed by atoms with Crippen LogP contribution in [0.15, 0.2) is 40.3 Å². The predicted molar refractivity (Wildman–Crippen MR) is 106 cm³/mol. The number of aromatic nitrogens is 1. The average Bonchev–Trinajstić information content (AvgIpc) is 2.99. The van der Waals surface area contributed by atoms with Crippen LogP contribution in [-0.4, -0.2) is 29.0 Å². The fourth-order valence-corrected chi connectivity index (χ4v) is 5.04. The van der Waals surface area contributed by atoms with Gasteiger partial charge in [0.1, 0.15) is 5.01 Å². The Morgan fingerprint density at radius 2 is 2.12 bits per heavy atom. The summed E-state index contributed by atoms with van der Waals surface area (Å²) in [5.41, 5.74) is 1.95. The maximum Gasteiger partial charge on any atom is 0.107 e. The molecule has 1 aliphatic heterocycles. The highest BCUT2D eigenvalue weighted by atomic mass is 79.9. The normalized spacial score (nSPS) is 21.7. The first-order valence-corrected chi connectivity index (χ1v) is 10.0. The largest absolute Gasteiger partial charge is 0.317 e. The second-order valence-corrected chi connectivity index (χ2v) is 8.69. The van der Waals surface area contributed by atoms with Crippen LogP contribution in [0, 0.1) is 5.41 Å². The molecule has 1 saturated heterocycles. The van der Waals surface area contributed by atoms with Crippen molar-refractivity contribution in [2.24, 2.45) is 5.41 Å². The van der Waals surface area contributed by atoms with E-state index in [0.29, 0.717) is 11.5 Å². The van der Waals surface area contributed by atoms with E-state index in [1.807, 2.05) is 6.20 Å². The van der Waals surface area contributed by atoms with Crippen LogP contribution in [-0.2, 0) is 13.1 Å². The molecule has 0 radical (unpaired) electrons. The Kier molecular flexibility index (Phi) is 5.98. The Hall–Kier alpha value is -0.460. The quantitative estimate of drug-likeness (QED) is 0.761. The minimum absolute atomic E-state index is 0. The van der Waals surface area contributed by atoms with Crippen molar-refractivity contribution in [3.8, 4) is 0 Å². The van der Waals surface area contributed by atoms with Crippen LogP contribution in [0.3, 0.4) is 0 Å². The van der Waals surface area contributed by atoms with Crippen molar-refractivity contribution < 1.29 is 0 Å². The third-order valence-corrected chi connectivity index (χ3v) is 6.54. The summed E-state index contributed by atoms with van der Waals surface area (Å²) in [5, 5.41) is 6.82. The highest BCUT2D eigenvalue weighted by Gasteiger charge is 2.56. The van der Waals surface area contributed by atoms with Gasteiger partial charge in [0.2, 0.25) is 0 Å². The summed E-state index contributed by atoms with van der Waals surface area (Å²) in [6.07, 6.45) is 5.92. The lowest BCUT2D eigenvalue weighted by atomic mass is 9.93. The van der Waals surface area contributed by atoms with E-state index in [9.17, 15) is 0 Å². The van der Waals surface area contributed by atoms with Crippen LogP contribution in [0.5, 0.6) is 0 Å². The van der Waals surface area contributed by atoms with Crippen molar-refractivity contribution in [1.82, 2.24) is 15.2 Å². The van der Waals surface area contributed by atoms with Crippen LogP contribution < -0.4 is 5.32 Å². The monoisotopic (exact) mass is 427 g/mol. The average molecular weight is 429 g/mol. The predicted octanol–water partition coefficient (Wildman–Crippen LogP) is 4.47. The molecule has 1 aromatic carbocycles. The zero-order valence-electron chi connectivity index (χ0n) is 13.6. The van der Waals surface area contributed by atoms with Crippen molar-refractivity contribution in [2.45, 2.75) is 38.4 Å². The molecule has 1 spiro atoms. The second-order valence-electron chi connectivity index (χ2n) is 6.79. The number of nitrogens with zero attached hydrogens (tertiary/aromatic N) is 2. The number of piperidine rings is 1. The molecule has 3 nitrogen and oxygen atoms in total. The third kappa shape index (κ3) is 4.02. The molecule has 2 aliphatic rings. The summed E-state index contributed by atoms with van der Waals surface area (Å²) in [4.78, 5) is 7.17. The number of nitrogens with one attached hydrogen (secondary N) is 1. The number of benzene rings is 1. The van der Waals surface area contributed by atoms with Gasteiger partial charge in [-0.15, -0.1) is 23.7 Å². The van der Waals surface area contributed by atoms with Gasteiger partial charge in [-0.25, -0.2) is 4.98 Å². The van der Waals surface area contributed by atoms with Crippen molar-refractivity contribution >= 4 is 39.7 Å². The molecule has 6 heteroatoms. The van der Waals surface area contributed by atoms with E-state index in [-0.39, 0.29) is 12.4 Å². The van der Waals surface area contributed by atoms with Gasteiger partial charge in [0.05, 0.1) is 6.54 Å². The van der Waals surface area contributed by atoms with Crippen LogP contribution in [0.25, 0.3) is 0 Å². The van der Waals surface area contributed by atoms with Gasteiger partial charge in [0.25, 0.3) is 0 Å². The Morgan fingerprint density at radius 1 is 1.29 bits per heavy atom. The maximum atomic E-state index is 4.51. The van der Waals surface area contributed by atoms with Crippen molar-refractivity contribution in [1.29, 1.82) is 0 Å². The third-order valence-electron chi connectivity index (χ3n) is 5.28. The van der Waals surface area contributed by atoms with E-state index >= 15 is 0 Å². The standard InChI is InChI=1S/C18H22BrN3S.ClH/c19-15-3-1-2-14(10-15)12-22(13-17-21-8-9-23-17)16-11-18(16)4-6-20-7-5-18;/h1-3,8-10,16,20H,4-7,11-13H2;1H. The fourth-order valence-electron chi connectivity index (χ4n) is 3.96. The van der Waals surface area contributed by atoms with Crippen LogP contribution in [0.2, 0.25) is 0 Å². The van der Waals surface area contributed by atoms with E-state index < -0.39 is 0 Å². The first-order valence-electron chi connectivity index (χ1n) is 8.33. The van der Waals surface area contributed by atoms with Crippen molar-refractivity contribution in [3.05, 3.63) is 50.9 Å². The Bertz CT molecular complexity index is 658. The van der Waals surface area contributed by atoms with Gasteiger partial charge < -0.3 is 5.32 Å². The first kappa shape index (κ1) is 18.3. The maximum absolute atomic E-state index is 4.51. The highest BCUT2D eigenvalue weighted by Crippen LogP contribution is 2.56. The molecule has 2 fully saturated rings. The molecule has 24 heavy (non-hydrogen) atoms. The van der Waals surface area contributed by atoms with E-state index in [1.54, 1.807) is 11.3 Å². The van der Waals surface area contributed by atoms with E-state index in [4.69, 9.17) is 0 Å². The number of rotatable bonds is 5. The van der Waals surface area contributed by atoms with Gasteiger partial charge >= 0.3 is 0 Å². The molecule has 1 unspecified atom stereocenters. The molecule has 1 saturated carbocycles. The molecule has 0 bridgehead atoms. The van der Waals surface area contributed by atoms with E-state index in [0.717, 1.165) is 17.6 Å². The Morgan fingerprint density at radius 3 is 2.83 bits per heavy atom. The Labute approximate surface area is 162 Å². The summed E-state index contributed by atoms with van der Waals surface area (Å²) in [6.45, 7) is 4.35. The smallest absolute Gasteiger partial charge is 0.107 e. The van der Waals surface area contributed by atoms with Crippen molar-refractivity contribution in [2.75, 3.05) is 13.1 Å². The molecule has 1 atom stereocenters. The van der Waals surface area contributed by atoms with Crippen LogP contribution in [0.1, 0.15) is 29.8 Å². The van der Waals surface area contributed by atoms with Gasteiger partial charge in [0.15, 0.2) is 0 Å². The van der Waals surface area contributed by atoms with E-state index in [2.05, 4.69) is 60.8 Å². The summed E-state index contributed by atoms with van der Waals surface area (Å²) in [6, 6.07) is 9.42. The number of hydrogen-bond donors (Lipinski definition) is 1. The molecular weight excluding hydrogens is 406 g/mol. The summed E-state index contributed by atoms with van der Waals surface area (Å²) in [5.74, 6) is 0. The highest BCUT2D eigenvalue weighted by molar-refractivity contribution is 9.10. The second kappa shape index (κ2) is 7.83. The fraction of sp³-hybridized carbons (Fsp3) is 0.500. The lowest BCUT2D eigenvalue weighted by molar-refractivity contribution is 0.188. The van der Waals surface area contributed by atoms with Gasteiger partial charge in [0, 0.05) is 28.6 Å². The molecule has 0 amide bonds. The zero-order valence-corrected chi connectivity index (χ0v) is 16.8. The van der Waals surface area contributed by atoms with Gasteiger partial charge in [-0.2, -0.15) is 0 Å². The number of thiazole rings is 1. The SMILES string of the molecule is Brc1cccc(CN(Cc2nccs2)C2CC23CCNCC3)c1.Cl. The molecule has 2 heterocycles. The summed E-state index contributed by atoms with van der Waals surface area (Å²) < 4.78 is 1.16. The summed E-state index contributed by atoms with van der Waals surface area (Å²) >= 11 is 5.37. The van der Waals surface area contributed by atoms with Crippen LogP contribution in [0.4, 0.5) is 0 Å². The van der Waals surface area contributed by atoms with E-state index in [1.165, 1.54) is 42.9 Å². The Balaban J connectivity index is 0.00000169. The van der Waals surface area contributed by atoms with Crippen molar-refractivity contribution in [3.63, 3.8) is 0 Å². The number of halogens is 2.